The second-order valence-corrected chi connectivity index (χ2v) is 8.24. The molecule has 0 bridgehead atoms. The average Bonchev–Trinajstić information content (AvgIpc) is 3.12. The Bertz CT molecular complexity index is 924. The SMILES string of the molecule is Cc1ccc(NC(=O)C2CCCN2C(=O)OC(C)(C)C)cc1-c1cncc(F)c1. The molecule has 2 heterocycles. The van der Waals surface area contributed by atoms with Gasteiger partial charge in [-0.2, -0.15) is 0 Å². The highest BCUT2D eigenvalue weighted by Crippen LogP contribution is 2.28. The largest absolute Gasteiger partial charge is 0.444 e. The van der Waals surface area contributed by atoms with Crippen molar-refractivity contribution in [2.45, 2.75) is 52.2 Å². The van der Waals surface area contributed by atoms with Crippen LogP contribution >= 0.6 is 0 Å². The molecular formula is C22H26FN3O3. The average molecular weight is 399 g/mol. The first-order valence-corrected chi connectivity index (χ1v) is 9.66. The maximum atomic E-state index is 13.6. The number of benzene rings is 1. The molecule has 1 saturated heterocycles. The molecule has 7 heteroatoms. The van der Waals surface area contributed by atoms with Gasteiger partial charge in [-0.25, -0.2) is 9.18 Å². The van der Waals surface area contributed by atoms with Crippen LogP contribution in [0.4, 0.5) is 14.9 Å². The lowest BCUT2D eigenvalue weighted by molar-refractivity contribution is -0.120. The van der Waals surface area contributed by atoms with E-state index in [0.717, 1.165) is 23.7 Å². The van der Waals surface area contributed by atoms with Crippen LogP contribution in [0.2, 0.25) is 0 Å². The van der Waals surface area contributed by atoms with Gasteiger partial charge < -0.3 is 10.1 Å². The van der Waals surface area contributed by atoms with E-state index >= 15 is 0 Å². The highest BCUT2D eigenvalue weighted by Gasteiger charge is 2.36. The Morgan fingerprint density at radius 3 is 2.69 bits per heavy atom. The maximum Gasteiger partial charge on any atom is 0.410 e. The van der Waals surface area contributed by atoms with Crippen molar-refractivity contribution in [3.63, 3.8) is 0 Å². The van der Waals surface area contributed by atoms with Gasteiger partial charge in [0.1, 0.15) is 17.5 Å². The Balaban J connectivity index is 1.77. The molecule has 0 radical (unpaired) electrons. The Labute approximate surface area is 170 Å². The van der Waals surface area contributed by atoms with Crippen molar-refractivity contribution in [1.29, 1.82) is 0 Å². The number of rotatable bonds is 3. The molecule has 1 aliphatic heterocycles. The van der Waals surface area contributed by atoms with E-state index in [1.165, 1.54) is 11.0 Å². The summed E-state index contributed by atoms with van der Waals surface area (Å²) in [5.41, 5.74) is 2.31. The third kappa shape index (κ3) is 5.10. The van der Waals surface area contributed by atoms with Gasteiger partial charge in [-0.3, -0.25) is 14.7 Å². The molecule has 2 aromatic rings. The van der Waals surface area contributed by atoms with E-state index in [1.807, 2.05) is 13.0 Å². The van der Waals surface area contributed by atoms with E-state index in [4.69, 9.17) is 4.74 Å². The highest BCUT2D eigenvalue weighted by atomic mass is 19.1. The van der Waals surface area contributed by atoms with Crippen LogP contribution in [0, 0.1) is 12.7 Å². The van der Waals surface area contributed by atoms with Crippen LogP contribution in [-0.2, 0) is 9.53 Å². The summed E-state index contributed by atoms with van der Waals surface area (Å²) in [6.07, 6.45) is 3.57. The molecule has 1 fully saturated rings. The first kappa shape index (κ1) is 20.8. The van der Waals surface area contributed by atoms with Crippen LogP contribution < -0.4 is 5.32 Å². The number of carbonyl (C=O) groups is 2. The smallest absolute Gasteiger partial charge is 0.410 e. The van der Waals surface area contributed by atoms with Gasteiger partial charge in [0.15, 0.2) is 0 Å². The van der Waals surface area contributed by atoms with Crippen molar-refractivity contribution >= 4 is 17.7 Å². The number of halogens is 1. The number of anilines is 1. The summed E-state index contributed by atoms with van der Waals surface area (Å²) in [5, 5.41) is 2.88. The van der Waals surface area contributed by atoms with Crippen molar-refractivity contribution < 1.29 is 18.7 Å². The van der Waals surface area contributed by atoms with Crippen molar-refractivity contribution in [2.24, 2.45) is 0 Å². The van der Waals surface area contributed by atoms with Gasteiger partial charge in [0.25, 0.3) is 0 Å². The van der Waals surface area contributed by atoms with Gasteiger partial charge >= 0.3 is 6.09 Å². The molecule has 29 heavy (non-hydrogen) atoms. The first-order valence-electron chi connectivity index (χ1n) is 9.66. The third-order valence-corrected chi connectivity index (χ3v) is 4.70. The molecule has 0 aliphatic carbocycles. The third-order valence-electron chi connectivity index (χ3n) is 4.70. The second kappa shape index (κ2) is 8.19. The lowest BCUT2D eigenvalue weighted by Gasteiger charge is -2.28. The van der Waals surface area contributed by atoms with Crippen LogP contribution in [-0.4, -0.2) is 40.1 Å². The summed E-state index contributed by atoms with van der Waals surface area (Å²) < 4.78 is 19.0. The number of aryl methyl sites for hydroxylation is 1. The Kier molecular flexibility index (Phi) is 5.86. The Morgan fingerprint density at radius 2 is 2.00 bits per heavy atom. The highest BCUT2D eigenvalue weighted by molar-refractivity contribution is 5.97. The van der Waals surface area contributed by atoms with Crippen molar-refractivity contribution in [3.8, 4) is 11.1 Å². The number of nitrogens with zero attached hydrogens (tertiary/aromatic N) is 2. The quantitative estimate of drug-likeness (QED) is 0.823. The van der Waals surface area contributed by atoms with Gasteiger partial charge in [-0.05, 0) is 69.9 Å². The number of hydrogen-bond donors (Lipinski definition) is 1. The molecule has 154 valence electrons. The van der Waals surface area contributed by atoms with Crippen LogP contribution in [0.5, 0.6) is 0 Å². The van der Waals surface area contributed by atoms with Crippen LogP contribution in [0.3, 0.4) is 0 Å². The van der Waals surface area contributed by atoms with Gasteiger partial charge in [-0.1, -0.05) is 6.07 Å². The van der Waals surface area contributed by atoms with Crippen LogP contribution in [0.25, 0.3) is 11.1 Å². The van der Waals surface area contributed by atoms with Crippen LogP contribution in [0.15, 0.2) is 36.7 Å². The fourth-order valence-electron chi connectivity index (χ4n) is 3.37. The molecule has 1 aliphatic rings. The zero-order valence-electron chi connectivity index (χ0n) is 17.2. The van der Waals surface area contributed by atoms with E-state index in [9.17, 15) is 14.0 Å². The summed E-state index contributed by atoms with van der Waals surface area (Å²) in [5.74, 6) is -0.684. The summed E-state index contributed by atoms with van der Waals surface area (Å²) >= 11 is 0. The predicted octanol–water partition coefficient (Wildman–Crippen LogP) is 4.53. The van der Waals surface area contributed by atoms with Gasteiger partial charge in [0.2, 0.25) is 5.91 Å². The van der Waals surface area contributed by atoms with E-state index in [1.54, 1.807) is 39.1 Å². The zero-order chi connectivity index (χ0) is 21.2. The van der Waals surface area contributed by atoms with E-state index in [2.05, 4.69) is 10.3 Å². The molecule has 0 saturated carbocycles. The molecule has 1 atom stereocenters. The minimum absolute atomic E-state index is 0.263. The minimum atomic E-state index is -0.619. The summed E-state index contributed by atoms with van der Waals surface area (Å²) in [6, 6.07) is 6.26. The molecule has 1 aromatic heterocycles. The fourth-order valence-corrected chi connectivity index (χ4v) is 3.37. The van der Waals surface area contributed by atoms with E-state index in [0.29, 0.717) is 24.2 Å². The van der Waals surface area contributed by atoms with Crippen molar-refractivity contribution in [2.75, 3.05) is 11.9 Å². The Morgan fingerprint density at radius 1 is 1.24 bits per heavy atom. The first-order chi connectivity index (χ1) is 13.6. The van der Waals surface area contributed by atoms with Gasteiger partial charge in [-0.15, -0.1) is 0 Å². The number of pyridine rings is 1. The second-order valence-electron chi connectivity index (χ2n) is 8.24. The molecule has 0 spiro atoms. The fraction of sp³-hybridized carbons (Fsp3) is 0.409. The zero-order valence-corrected chi connectivity index (χ0v) is 17.2. The summed E-state index contributed by atoms with van der Waals surface area (Å²) in [4.78, 5) is 30.6. The molecule has 1 N–H and O–H groups in total. The Hall–Kier alpha value is -2.96. The topological polar surface area (TPSA) is 71.5 Å². The van der Waals surface area contributed by atoms with Crippen molar-refractivity contribution in [3.05, 3.63) is 48.0 Å². The number of amides is 2. The monoisotopic (exact) mass is 399 g/mol. The van der Waals surface area contributed by atoms with E-state index < -0.39 is 23.6 Å². The number of aromatic nitrogens is 1. The maximum absolute atomic E-state index is 13.6. The standard InChI is InChI=1S/C22H26FN3O3/c1-14-7-8-17(11-18(14)15-10-16(23)13-24-12-15)25-20(27)19-6-5-9-26(19)21(28)29-22(2,3)4/h7-8,10-13,19H,5-6,9H2,1-4H3,(H,25,27). The lowest BCUT2D eigenvalue weighted by Crippen LogP contribution is -2.45. The molecule has 6 nitrogen and oxygen atoms in total. The lowest BCUT2D eigenvalue weighted by atomic mass is 10.0. The van der Waals surface area contributed by atoms with Crippen molar-refractivity contribution in [1.82, 2.24) is 9.88 Å². The molecular weight excluding hydrogens is 373 g/mol. The van der Waals surface area contributed by atoms with Gasteiger partial charge in [0, 0.05) is 24.0 Å². The molecule has 2 amide bonds. The number of nitrogens with one attached hydrogen (secondary N) is 1. The summed E-state index contributed by atoms with van der Waals surface area (Å²) in [6.45, 7) is 7.79. The van der Waals surface area contributed by atoms with E-state index in [-0.39, 0.29) is 5.91 Å². The van der Waals surface area contributed by atoms with Gasteiger partial charge in [0.05, 0.1) is 6.20 Å². The number of hydrogen-bond acceptors (Lipinski definition) is 4. The van der Waals surface area contributed by atoms with Crippen LogP contribution in [0.1, 0.15) is 39.2 Å². The molecule has 1 aromatic carbocycles. The predicted molar refractivity (Wildman–Crippen MR) is 109 cm³/mol. The number of ether oxygens (including phenoxy) is 1. The number of carbonyl (C=O) groups excluding carboxylic acids is 2. The number of likely N-dealkylation sites (tertiary alicyclic amines) is 1. The molecule has 1 unspecified atom stereocenters. The molecule has 3 rings (SSSR count). The minimum Gasteiger partial charge on any atom is -0.444 e. The summed E-state index contributed by atoms with van der Waals surface area (Å²) in [7, 11) is 0. The normalized spacial score (nSPS) is 16.6.